The Bertz CT molecular complexity index is 1140. The molecular weight excluding hydrogens is 402 g/mol. The van der Waals surface area contributed by atoms with Gasteiger partial charge < -0.3 is 9.73 Å². The summed E-state index contributed by atoms with van der Waals surface area (Å²) in [5.41, 5.74) is 3.55. The van der Waals surface area contributed by atoms with Gasteiger partial charge in [0.25, 0.3) is 5.91 Å². The van der Waals surface area contributed by atoms with Gasteiger partial charge in [0.15, 0.2) is 0 Å². The lowest BCUT2D eigenvalue weighted by atomic mass is 10.2. The molecule has 29 heavy (non-hydrogen) atoms. The van der Waals surface area contributed by atoms with Gasteiger partial charge in [-0.25, -0.2) is 9.97 Å². The predicted molar refractivity (Wildman–Crippen MR) is 115 cm³/mol. The van der Waals surface area contributed by atoms with Crippen LogP contribution in [0.4, 0.5) is 0 Å². The van der Waals surface area contributed by atoms with Crippen LogP contribution < -0.4 is 5.32 Å². The van der Waals surface area contributed by atoms with E-state index in [1.54, 1.807) is 35.9 Å². The number of oxazole rings is 1. The number of nitrogens with zero attached hydrogens (tertiary/aromatic N) is 2. The van der Waals surface area contributed by atoms with Crippen LogP contribution in [0.1, 0.15) is 27.2 Å². The number of amides is 1. The number of pyridine rings is 1. The van der Waals surface area contributed by atoms with Crippen LogP contribution in [0.5, 0.6) is 0 Å². The van der Waals surface area contributed by atoms with E-state index >= 15 is 0 Å². The van der Waals surface area contributed by atoms with E-state index in [-0.39, 0.29) is 12.5 Å². The molecule has 146 valence electrons. The Morgan fingerprint density at radius 1 is 1.21 bits per heavy atom. The van der Waals surface area contributed by atoms with Gasteiger partial charge in [0.05, 0.1) is 22.7 Å². The molecule has 1 N–H and O–H groups in total. The van der Waals surface area contributed by atoms with E-state index in [2.05, 4.69) is 47.3 Å². The van der Waals surface area contributed by atoms with Gasteiger partial charge in [-0.3, -0.25) is 4.79 Å². The molecule has 0 bridgehead atoms. The Labute approximate surface area is 177 Å². The van der Waals surface area contributed by atoms with Crippen LogP contribution in [0.3, 0.4) is 0 Å². The fourth-order valence-electron chi connectivity index (χ4n) is 2.73. The van der Waals surface area contributed by atoms with Crippen LogP contribution in [-0.4, -0.2) is 15.9 Å². The molecule has 0 fully saturated rings. The number of thiophene rings is 1. The smallest absolute Gasteiger partial charge is 0.254 e. The van der Waals surface area contributed by atoms with Crippen LogP contribution in [0, 0.1) is 13.8 Å². The van der Waals surface area contributed by atoms with E-state index in [1.807, 2.05) is 17.5 Å². The molecule has 3 aromatic heterocycles. The second-order valence-corrected chi connectivity index (χ2v) is 8.51. The lowest BCUT2D eigenvalue weighted by Crippen LogP contribution is -2.23. The maximum absolute atomic E-state index is 12.8. The fraction of sp³-hybridized carbons (Fsp3) is 0.136. The highest BCUT2D eigenvalue weighted by atomic mass is 32.2. The first-order chi connectivity index (χ1) is 14.1. The Balaban J connectivity index is 1.47. The number of carbonyl (C=O) groups is 1. The number of aryl methyl sites for hydroxylation is 2. The second-order valence-electron chi connectivity index (χ2n) is 6.53. The van der Waals surface area contributed by atoms with E-state index in [1.165, 1.54) is 17.3 Å². The molecule has 0 atom stereocenters. The van der Waals surface area contributed by atoms with Crippen molar-refractivity contribution in [3.05, 3.63) is 82.7 Å². The molecule has 4 aromatic rings. The number of benzene rings is 1. The van der Waals surface area contributed by atoms with E-state index in [9.17, 15) is 4.79 Å². The third-order valence-electron chi connectivity index (χ3n) is 4.28. The first-order valence-electron chi connectivity index (χ1n) is 9.07. The molecule has 0 unspecified atom stereocenters. The third-order valence-corrected chi connectivity index (χ3v) is 6.32. The summed E-state index contributed by atoms with van der Waals surface area (Å²) < 4.78 is 5.51. The summed E-state index contributed by atoms with van der Waals surface area (Å²) in [6.07, 6.45) is 3.28. The molecule has 0 saturated carbocycles. The molecule has 0 aliphatic rings. The zero-order valence-electron chi connectivity index (χ0n) is 16.0. The maximum atomic E-state index is 12.8. The molecule has 5 nitrogen and oxygen atoms in total. The number of aromatic nitrogens is 2. The number of hydrogen-bond donors (Lipinski definition) is 1. The van der Waals surface area contributed by atoms with Gasteiger partial charge in [0.1, 0.15) is 11.3 Å². The van der Waals surface area contributed by atoms with E-state index in [4.69, 9.17) is 4.42 Å². The Morgan fingerprint density at radius 3 is 2.93 bits per heavy atom. The molecule has 7 heteroatoms. The predicted octanol–water partition coefficient (Wildman–Crippen LogP) is 5.50. The Morgan fingerprint density at radius 2 is 2.10 bits per heavy atom. The summed E-state index contributed by atoms with van der Waals surface area (Å²) in [6, 6.07) is 13.7. The van der Waals surface area contributed by atoms with E-state index < -0.39 is 0 Å². The van der Waals surface area contributed by atoms with Crippen LogP contribution in [0.2, 0.25) is 0 Å². The summed E-state index contributed by atoms with van der Waals surface area (Å²) in [5.74, 6) is 0.378. The quantitative estimate of drug-likeness (QED) is 0.445. The van der Waals surface area contributed by atoms with Gasteiger partial charge in [-0.15, -0.1) is 11.3 Å². The van der Waals surface area contributed by atoms with Crippen molar-refractivity contribution >= 4 is 29.0 Å². The SMILES string of the molecule is Cc1ccc(C)c(Sc2ncccc2C(=O)NCc2coc(-c3cccs3)n2)c1. The molecule has 0 radical (unpaired) electrons. The minimum atomic E-state index is -0.188. The summed E-state index contributed by atoms with van der Waals surface area (Å²) in [4.78, 5) is 23.7. The van der Waals surface area contributed by atoms with Crippen LogP contribution >= 0.6 is 23.1 Å². The van der Waals surface area contributed by atoms with Crippen molar-refractivity contribution in [2.45, 2.75) is 30.3 Å². The molecule has 0 aliphatic heterocycles. The van der Waals surface area contributed by atoms with Gasteiger partial charge >= 0.3 is 0 Å². The molecule has 3 heterocycles. The van der Waals surface area contributed by atoms with Crippen molar-refractivity contribution in [1.82, 2.24) is 15.3 Å². The first-order valence-corrected chi connectivity index (χ1v) is 10.8. The molecule has 0 aliphatic carbocycles. The zero-order chi connectivity index (χ0) is 20.2. The fourth-order valence-corrected chi connectivity index (χ4v) is 4.46. The van der Waals surface area contributed by atoms with Gasteiger partial charge in [-0.05, 0) is 54.6 Å². The summed E-state index contributed by atoms with van der Waals surface area (Å²) in [5, 5.41) is 5.56. The lowest BCUT2D eigenvalue weighted by Gasteiger charge is -2.10. The van der Waals surface area contributed by atoms with E-state index in [0.717, 1.165) is 15.3 Å². The standard InChI is InChI=1S/C22H19N3O2S2/c1-14-7-8-15(2)19(11-14)29-22-17(5-3-9-23-22)20(26)24-12-16-13-27-21(25-16)18-6-4-10-28-18/h3-11,13H,12H2,1-2H3,(H,24,26). The highest BCUT2D eigenvalue weighted by molar-refractivity contribution is 7.99. The van der Waals surface area contributed by atoms with Crippen LogP contribution in [-0.2, 0) is 6.54 Å². The largest absolute Gasteiger partial charge is 0.443 e. The number of hydrogen-bond acceptors (Lipinski definition) is 6. The van der Waals surface area contributed by atoms with Crippen LogP contribution in [0.15, 0.2) is 74.6 Å². The minimum Gasteiger partial charge on any atom is -0.443 e. The summed E-state index contributed by atoms with van der Waals surface area (Å²) in [6.45, 7) is 4.40. The number of nitrogens with one attached hydrogen (secondary N) is 1. The monoisotopic (exact) mass is 421 g/mol. The minimum absolute atomic E-state index is 0.188. The number of carbonyl (C=O) groups excluding carboxylic acids is 1. The highest BCUT2D eigenvalue weighted by Gasteiger charge is 2.15. The molecular formula is C22H19N3O2S2. The molecule has 0 saturated heterocycles. The van der Waals surface area contributed by atoms with E-state index in [0.29, 0.717) is 22.2 Å². The lowest BCUT2D eigenvalue weighted by molar-refractivity contribution is 0.0947. The van der Waals surface area contributed by atoms with Gasteiger partial charge in [0.2, 0.25) is 5.89 Å². The average Bonchev–Trinajstić information content (AvgIpc) is 3.41. The van der Waals surface area contributed by atoms with Crippen LogP contribution in [0.25, 0.3) is 10.8 Å². The van der Waals surface area contributed by atoms with Crippen molar-refractivity contribution in [2.75, 3.05) is 0 Å². The topological polar surface area (TPSA) is 68.0 Å². The summed E-state index contributed by atoms with van der Waals surface area (Å²) >= 11 is 3.06. The van der Waals surface area contributed by atoms with Crippen molar-refractivity contribution in [3.8, 4) is 10.8 Å². The van der Waals surface area contributed by atoms with Gasteiger partial charge in [-0.1, -0.05) is 30.0 Å². The normalized spacial score (nSPS) is 10.8. The second kappa shape index (κ2) is 8.63. The van der Waals surface area contributed by atoms with Crippen molar-refractivity contribution in [2.24, 2.45) is 0 Å². The summed E-state index contributed by atoms with van der Waals surface area (Å²) in [7, 11) is 0. The Hall–Kier alpha value is -2.90. The average molecular weight is 422 g/mol. The molecule has 1 amide bonds. The van der Waals surface area contributed by atoms with Crippen molar-refractivity contribution < 1.29 is 9.21 Å². The molecule has 1 aromatic carbocycles. The molecule has 4 rings (SSSR count). The first kappa shape index (κ1) is 19.4. The van der Waals surface area contributed by atoms with Crippen molar-refractivity contribution in [1.29, 1.82) is 0 Å². The van der Waals surface area contributed by atoms with Gasteiger partial charge in [0, 0.05) is 11.1 Å². The third kappa shape index (κ3) is 4.58. The highest BCUT2D eigenvalue weighted by Crippen LogP contribution is 2.31. The molecule has 0 spiro atoms. The van der Waals surface area contributed by atoms with Crippen molar-refractivity contribution in [3.63, 3.8) is 0 Å². The van der Waals surface area contributed by atoms with Gasteiger partial charge in [-0.2, -0.15) is 0 Å². The number of rotatable bonds is 6. The zero-order valence-corrected chi connectivity index (χ0v) is 17.6. The Kier molecular flexibility index (Phi) is 5.78. The maximum Gasteiger partial charge on any atom is 0.254 e.